The van der Waals surface area contributed by atoms with Crippen molar-refractivity contribution in [2.24, 2.45) is 5.92 Å². The van der Waals surface area contributed by atoms with Crippen LogP contribution in [0.3, 0.4) is 0 Å². The summed E-state index contributed by atoms with van der Waals surface area (Å²) in [5.74, 6) is 0.234. The molecule has 0 bridgehead atoms. The minimum absolute atomic E-state index is 0.177. The Morgan fingerprint density at radius 1 is 1.30 bits per heavy atom. The summed E-state index contributed by atoms with van der Waals surface area (Å²) in [5, 5.41) is 5.18. The van der Waals surface area contributed by atoms with Crippen molar-refractivity contribution in [3.05, 3.63) is 24.3 Å². The average molecular weight is 296 g/mol. The van der Waals surface area contributed by atoms with E-state index in [1.54, 1.807) is 24.3 Å². The van der Waals surface area contributed by atoms with Gasteiger partial charge < -0.3 is 10.6 Å². The van der Waals surface area contributed by atoms with Gasteiger partial charge in [0.2, 0.25) is 5.91 Å². The Bertz CT molecular complexity index is 581. The molecule has 20 heavy (non-hydrogen) atoms. The molecule has 1 fully saturated rings. The lowest BCUT2D eigenvalue weighted by atomic mass is 10.0. The SMILES string of the molecule is CC(=O)Nc1ccc(S(=O)(=O)[C@H]2C[C@H](C)CCN2)cc1. The number of nitrogens with one attached hydrogen (secondary N) is 2. The van der Waals surface area contributed by atoms with Crippen LogP contribution in [0.1, 0.15) is 26.7 Å². The Morgan fingerprint density at radius 3 is 2.50 bits per heavy atom. The van der Waals surface area contributed by atoms with E-state index in [0.717, 1.165) is 13.0 Å². The van der Waals surface area contributed by atoms with Crippen LogP contribution in [0.25, 0.3) is 0 Å². The first-order chi connectivity index (χ1) is 9.39. The Labute approximate surface area is 119 Å². The summed E-state index contributed by atoms with van der Waals surface area (Å²) >= 11 is 0. The Morgan fingerprint density at radius 2 is 1.95 bits per heavy atom. The molecule has 0 unspecified atom stereocenters. The van der Waals surface area contributed by atoms with Gasteiger partial charge in [0.05, 0.1) is 4.90 Å². The molecule has 2 rings (SSSR count). The quantitative estimate of drug-likeness (QED) is 0.891. The van der Waals surface area contributed by atoms with Crippen molar-refractivity contribution >= 4 is 21.4 Å². The molecule has 5 nitrogen and oxygen atoms in total. The average Bonchev–Trinajstić information content (AvgIpc) is 2.38. The summed E-state index contributed by atoms with van der Waals surface area (Å²) in [6.07, 6.45) is 1.64. The predicted molar refractivity (Wildman–Crippen MR) is 78.1 cm³/mol. The van der Waals surface area contributed by atoms with Crippen molar-refractivity contribution in [2.75, 3.05) is 11.9 Å². The third kappa shape index (κ3) is 3.37. The molecular weight excluding hydrogens is 276 g/mol. The van der Waals surface area contributed by atoms with Gasteiger partial charge in [-0.05, 0) is 49.6 Å². The van der Waals surface area contributed by atoms with E-state index in [1.165, 1.54) is 6.92 Å². The summed E-state index contributed by atoms with van der Waals surface area (Å²) < 4.78 is 25.0. The van der Waals surface area contributed by atoms with Crippen molar-refractivity contribution in [1.82, 2.24) is 5.32 Å². The number of benzene rings is 1. The van der Waals surface area contributed by atoms with Crippen LogP contribution in [0, 0.1) is 5.92 Å². The number of hydrogen-bond acceptors (Lipinski definition) is 4. The van der Waals surface area contributed by atoms with E-state index < -0.39 is 15.2 Å². The highest BCUT2D eigenvalue weighted by atomic mass is 32.2. The first-order valence-corrected chi connectivity index (χ1v) is 8.29. The molecule has 0 aromatic heterocycles. The van der Waals surface area contributed by atoms with Crippen LogP contribution in [-0.2, 0) is 14.6 Å². The number of carbonyl (C=O) groups excluding carboxylic acids is 1. The fraction of sp³-hybridized carbons (Fsp3) is 0.500. The number of piperidine rings is 1. The second-order valence-corrected chi connectivity index (χ2v) is 7.45. The van der Waals surface area contributed by atoms with E-state index in [2.05, 4.69) is 17.6 Å². The first-order valence-electron chi connectivity index (χ1n) is 6.74. The highest BCUT2D eigenvalue weighted by Gasteiger charge is 2.31. The molecule has 0 radical (unpaired) electrons. The minimum atomic E-state index is -3.36. The molecule has 1 aliphatic heterocycles. The summed E-state index contributed by atoms with van der Waals surface area (Å²) in [5.41, 5.74) is 0.599. The normalized spacial score (nSPS) is 23.3. The van der Waals surface area contributed by atoms with Gasteiger partial charge in [-0.15, -0.1) is 0 Å². The largest absolute Gasteiger partial charge is 0.326 e. The zero-order valence-electron chi connectivity index (χ0n) is 11.7. The first kappa shape index (κ1) is 15.0. The summed E-state index contributed by atoms with van der Waals surface area (Å²) in [7, 11) is -3.36. The van der Waals surface area contributed by atoms with Crippen molar-refractivity contribution in [3.8, 4) is 0 Å². The van der Waals surface area contributed by atoms with E-state index in [0.29, 0.717) is 22.9 Å². The maximum absolute atomic E-state index is 12.5. The van der Waals surface area contributed by atoms with E-state index in [4.69, 9.17) is 0 Å². The minimum Gasteiger partial charge on any atom is -0.326 e. The molecule has 0 saturated carbocycles. The van der Waals surface area contributed by atoms with Gasteiger partial charge in [-0.25, -0.2) is 8.42 Å². The van der Waals surface area contributed by atoms with Gasteiger partial charge in [0.1, 0.15) is 5.37 Å². The van der Waals surface area contributed by atoms with Crippen molar-refractivity contribution in [3.63, 3.8) is 0 Å². The van der Waals surface area contributed by atoms with E-state index in [9.17, 15) is 13.2 Å². The molecule has 6 heteroatoms. The second kappa shape index (κ2) is 5.93. The molecule has 110 valence electrons. The van der Waals surface area contributed by atoms with Crippen LogP contribution in [-0.4, -0.2) is 26.2 Å². The lowest BCUT2D eigenvalue weighted by Gasteiger charge is -2.27. The van der Waals surface area contributed by atoms with Crippen LogP contribution in [0.5, 0.6) is 0 Å². The zero-order valence-corrected chi connectivity index (χ0v) is 12.5. The molecule has 1 aromatic rings. The van der Waals surface area contributed by atoms with Crippen LogP contribution >= 0.6 is 0 Å². The van der Waals surface area contributed by atoms with Gasteiger partial charge in [0.15, 0.2) is 9.84 Å². The third-order valence-electron chi connectivity index (χ3n) is 3.50. The van der Waals surface area contributed by atoms with E-state index >= 15 is 0 Å². The van der Waals surface area contributed by atoms with Gasteiger partial charge in [0, 0.05) is 12.6 Å². The van der Waals surface area contributed by atoms with Crippen LogP contribution in [0.4, 0.5) is 5.69 Å². The molecule has 1 saturated heterocycles. The molecule has 0 spiro atoms. The fourth-order valence-corrected chi connectivity index (χ4v) is 4.15. The highest BCUT2D eigenvalue weighted by molar-refractivity contribution is 7.92. The summed E-state index contributed by atoms with van der Waals surface area (Å²) in [4.78, 5) is 11.2. The third-order valence-corrected chi connectivity index (χ3v) is 5.54. The molecule has 1 amide bonds. The lowest BCUT2D eigenvalue weighted by Crippen LogP contribution is -2.42. The van der Waals surface area contributed by atoms with Gasteiger partial charge >= 0.3 is 0 Å². The standard InChI is InChI=1S/C14H20N2O3S/c1-10-7-8-15-14(9-10)20(18,19)13-5-3-12(4-6-13)16-11(2)17/h3-6,10,14-15H,7-9H2,1-2H3,(H,16,17)/t10-,14+/m1/s1. The van der Waals surface area contributed by atoms with Crippen molar-refractivity contribution in [1.29, 1.82) is 0 Å². The van der Waals surface area contributed by atoms with Crippen LogP contribution < -0.4 is 10.6 Å². The molecule has 2 N–H and O–H groups in total. The van der Waals surface area contributed by atoms with Gasteiger partial charge in [0.25, 0.3) is 0 Å². The summed E-state index contributed by atoms with van der Waals surface area (Å²) in [6, 6.07) is 6.31. The zero-order chi connectivity index (χ0) is 14.8. The number of anilines is 1. The number of sulfone groups is 1. The molecule has 1 aromatic carbocycles. The molecule has 0 aliphatic carbocycles. The Balaban J connectivity index is 2.19. The molecule has 2 atom stereocenters. The van der Waals surface area contributed by atoms with E-state index in [-0.39, 0.29) is 5.91 Å². The predicted octanol–water partition coefficient (Wildman–Crippen LogP) is 1.76. The van der Waals surface area contributed by atoms with Crippen molar-refractivity contribution in [2.45, 2.75) is 37.0 Å². The fourth-order valence-electron chi connectivity index (χ4n) is 2.39. The summed E-state index contributed by atoms with van der Waals surface area (Å²) in [6.45, 7) is 4.22. The van der Waals surface area contributed by atoms with Gasteiger partial charge in [-0.3, -0.25) is 4.79 Å². The number of amides is 1. The highest BCUT2D eigenvalue weighted by Crippen LogP contribution is 2.25. The number of carbonyl (C=O) groups is 1. The Hall–Kier alpha value is -1.40. The number of hydrogen-bond donors (Lipinski definition) is 2. The maximum atomic E-state index is 12.5. The number of rotatable bonds is 3. The van der Waals surface area contributed by atoms with Crippen LogP contribution in [0.15, 0.2) is 29.2 Å². The lowest BCUT2D eigenvalue weighted by molar-refractivity contribution is -0.114. The van der Waals surface area contributed by atoms with E-state index in [1.807, 2.05) is 0 Å². The van der Waals surface area contributed by atoms with Crippen molar-refractivity contribution < 1.29 is 13.2 Å². The monoisotopic (exact) mass is 296 g/mol. The van der Waals surface area contributed by atoms with Gasteiger partial charge in [-0.2, -0.15) is 0 Å². The molecule has 1 heterocycles. The van der Waals surface area contributed by atoms with Gasteiger partial charge in [-0.1, -0.05) is 6.92 Å². The molecular formula is C14H20N2O3S. The molecule has 1 aliphatic rings. The smallest absolute Gasteiger partial charge is 0.221 e. The second-order valence-electron chi connectivity index (χ2n) is 5.32. The maximum Gasteiger partial charge on any atom is 0.221 e. The Kier molecular flexibility index (Phi) is 4.45. The topological polar surface area (TPSA) is 75.3 Å². The van der Waals surface area contributed by atoms with Crippen LogP contribution in [0.2, 0.25) is 0 Å².